The lowest BCUT2D eigenvalue weighted by Gasteiger charge is -2.10. The van der Waals surface area contributed by atoms with Gasteiger partial charge in [-0.05, 0) is 21.0 Å². The quantitative estimate of drug-likeness (QED) is 0.404. The van der Waals surface area contributed by atoms with Crippen molar-refractivity contribution in [2.45, 2.75) is 13.0 Å². The molecule has 0 rings (SSSR count). The summed E-state index contributed by atoms with van der Waals surface area (Å²) in [7, 11) is 3.88. The summed E-state index contributed by atoms with van der Waals surface area (Å²) in [5.41, 5.74) is 0. The van der Waals surface area contributed by atoms with Gasteiger partial charge in [0.25, 0.3) is 0 Å². The zero-order valence-corrected chi connectivity index (χ0v) is 6.09. The Hall–Kier alpha value is -0.660. The van der Waals surface area contributed by atoms with Gasteiger partial charge >= 0.3 is 0 Å². The zero-order valence-electron chi connectivity index (χ0n) is 6.09. The lowest BCUT2D eigenvalue weighted by atomic mass is 10.3. The van der Waals surface area contributed by atoms with E-state index in [9.17, 15) is 4.79 Å². The van der Waals surface area contributed by atoms with Crippen LogP contribution in [-0.2, 0) is 4.79 Å². The van der Waals surface area contributed by atoms with Crippen molar-refractivity contribution in [3.63, 3.8) is 0 Å². The first-order valence-corrected chi connectivity index (χ1v) is 2.88. The predicted molar refractivity (Wildman–Crippen MR) is 36.1 cm³/mol. The number of rotatable bonds is 3. The molecule has 1 atom stereocenters. The molecule has 3 heteroatoms. The Labute approximate surface area is 55.4 Å². The molecule has 0 N–H and O–H groups in total. The maximum atomic E-state index is 9.69. The molecule has 52 valence electrons. The molecule has 3 nitrogen and oxygen atoms in total. The van der Waals surface area contributed by atoms with E-state index in [4.69, 9.17) is 0 Å². The van der Waals surface area contributed by atoms with Crippen LogP contribution in [0.25, 0.3) is 0 Å². The van der Waals surface area contributed by atoms with Crippen molar-refractivity contribution in [3.8, 4) is 0 Å². The average Bonchev–Trinajstić information content (AvgIpc) is 1.63. The topological polar surface area (TPSA) is 32.7 Å². The summed E-state index contributed by atoms with van der Waals surface area (Å²) in [5.74, 6) is 0. The summed E-state index contributed by atoms with van der Waals surface area (Å²) in [6.45, 7) is 2.68. The Morgan fingerprint density at radius 1 is 1.67 bits per heavy atom. The Bertz CT molecular complexity index is 116. The van der Waals surface area contributed by atoms with E-state index in [1.54, 1.807) is 0 Å². The number of isocyanates is 1. The molecule has 0 aromatic carbocycles. The summed E-state index contributed by atoms with van der Waals surface area (Å²) < 4.78 is 0. The molecule has 0 fully saturated rings. The Morgan fingerprint density at radius 3 is 2.56 bits per heavy atom. The van der Waals surface area contributed by atoms with E-state index in [0.717, 1.165) is 6.54 Å². The van der Waals surface area contributed by atoms with Crippen LogP contribution < -0.4 is 0 Å². The molecule has 0 aliphatic rings. The van der Waals surface area contributed by atoms with Crippen LogP contribution in [0.4, 0.5) is 0 Å². The molecular weight excluding hydrogens is 116 g/mol. The molecule has 0 aromatic heterocycles. The number of likely N-dealkylation sites (N-methyl/N-ethyl adjacent to an activating group) is 1. The highest BCUT2D eigenvalue weighted by Gasteiger charge is 1.98. The predicted octanol–water partition coefficient (Wildman–Crippen LogP) is 0.272. The third kappa shape index (κ3) is 5.21. The highest BCUT2D eigenvalue weighted by atomic mass is 16.1. The number of carbonyl (C=O) groups excluding carboxylic acids is 1. The molecule has 0 heterocycles. The standard InChI is InChI=1S/C6H12N2O/c1-6(7-5-9)4-8(2)3/h6H,4H2,1-3H3. The van der Waals surface area contributed by atoms with Gasteiger partial charge in [-0.3, -0.25) is 0 Å². The molecule has 9 heavy (non-hydrogen) atoms. The molecule has 0 aliphatic heterocycles. The first-order valence-electron chi connectivity index (χ1n) is 2.88. The van der Waals surface area contributed by atoms with Crippen molar-refractivity contribution in [2.75, 3.05) is 20.6 Å². The summed E-state index contributed by atoms with van der Waals surface area (Å²) in [4.78, 5) is 15.2. The molecule has 0 spiro atoms. The Kier molecular flexibility index (Phi) is 3.93. The second kappa shape index (κ2) is 4.24. The maximum absolute atomic E-state index is 9.69. The van der Waals surface area contributed by atoms with Crippen LogP contribution in [0.2, 0.25) is 0 Å². The van der Waals surface area contributed by atoms with Gasteiger partial charge in [-0.15, -0.1) is 0 Å². The maximum Gasteiger partial charge on any atom is 0.235 e. The highest BCUT2D eigenvalue weighted by Crippen LogP contribution is 1.87. The van der Waals surface area contributed by atoms with Crippen LogP contribution >= 0.6 is 0 Å². The van der Waals surface area contributed by atoms with Gasteiger partial charge in [-0.2, -0.15) is 0 Å². The molecule has 0 saturated heterocycles. The number of nitrogens with zero attached hydrogens (tertiary/aromatic N) is 2. The molecular formula is C6H12N2O. The van der Waals surface area contributed by atoms with E-state index in [-0.39, 0.29) is 6.04 Å². The van der Waals surface area contributed by atoms with Crippen molar-refractivity contribution in [1.82, 2.24) is 4.90 Å². The third-order valence-electron chi connectivity index (χ3n) is 0.902. The summed E-state index contributed by atoms with van der Waals surface area (Å²) >= 11 is 0. The minimum Gasteiger partial charge on any atom is -0.307 e. The third-order valence-corrected chi connectivity index (χ3v) is 0.902. The van der Waals surface area contributed by atoms with E-state index in [1.165, 1.54) is 6.08 Å². The van der Waals surface area contributed by atoms with E-state index < -0.39 is 0 Å². The number of hydrogen-bond acceptors (Lipinski definition) is 3. The molecule has 1 unspecified atom stereocenters. The molecule has 0 amide bonds. The van der Waals surface area contributed by atoms with Gasteiger partial charge < -0.3 is 4.90 Å². The first-order chi connectivity index (χ1) is 4.16. The fraction of sp³-hybridized carbons (Fsp3) is 0.833. The normalized spacial score (nSPS) is 12.9. The van der Waals surface area contributed by atoms with Crippen LogP contribution in [0.3, 0.4) is 0 Å². The molecule has 0 bridgehead atoms. The van der Waals surface area contributed by atoms with Crippen molar-refractivity contribution in [2.24, 2.45) is 4.99 Å². The van der Waals surface area contributed by atoms with Gasteiger partial charge in [-0.1, -0.05) is 0 Å². The lowest BCUT2D eigenvalue weighted by Crippen LogP contribution is -2.21. The Morgan fingerprint density at radius 2 is 2.22 bits per heavy atom. The molecule has 0 radical (unpaired) electrons. The fourth-order valence-corrected chi connectivity index (χ4v) is 0.659. The van der Waals surface area contributed by atoms with Crippen LogP contribution in [-0.4, -0.2) is 37.7 Å². The SMILES string of the molecule is CC(CN(C)C)N=C=O. The van der Waals surface area contributed by atoms with Gasteiger partial charge in [0.15, 0.2) is 0 Å². The van der Waals surface area contributed by atoms with Crippen molar-refractivity contribution in [1.29, 1.82) is 0 Å². The summed E-state index contributed by atoms with van der Waals surface area (Å²) in [5, 5.41) is 0. The van der Waals surface area contributed by atoms with E-state index in [2.05, 4.69) is 4.99 Å². The zero-order chi connectivity index (χ0) is 7.28. The van der Waals surface area contributed by atoms with Crippen molar-refractivity contribution in [3.05, 3.63) is 0 Å². The highest BCUT2D eigenvalue weighted by molar-refractivity contribution is 5.33. The van der Waals surface area contributed by atoms with E-state index in [0.29, 0.717) is 0 Å². The van der Waals surface area contributed by atoms with Gasteiger partial charge in [0, 0.05) is 6.54 Å². The minimum absolute atomic E-state index is 0.0671. The molecule has 0 saturated carbocycles. The van der Waals surface area contributed by atoms with Gasteiger partial charge in [-0.25, -0.2) is 9.79 Å². The van der Waals surface area contributed by atoms with Crippen molar-refractivity contribution >= 4 is 6.08 Å². The van der Waals surface area contributed by atoms with Crippen LogP contribution in [0.5, 0.6) is 0 Å². The van der Waals surface area contributed by atoms with E-state index >= 15 is 0 Å². The second-order valence-electron chi connectivity index (χ2n) is 2.33. The monoisotopic (exact) mass is 128 g/mol. The first kappa shape index (κ1) is 8.34. The number of aliphatic imine (C=N–C) groups is 1. The van der Waals surface area contributed by atoms with Crippen LogP contribution in [0, 0.1) is 0 Å². The second-order valence-corrected chi connectivity index (χ2v) is 2.33. The van der Waals surface area contributed by atoms with Crippen LogP contribution in [0.1, 0.15) is 6.92 Å². The van der Waals surface area contributed by atoms with Gasteiger partial charge in [0.1, 0.15) is 0 Å². The fourth-order valence-electron chi connectivity index (χ4n) is 0.659. The summed E-state index contributed by atoms with van der Waals surface area (Å²) in [6.07, 6.45) is 1.52. The Balaban J connectivity index is 3.49. The smallest absolute Gasteiger partial charge is 0.235 e. The van der Waals surface area contributed by atoms with E-state index in [1.807, 2.05) is 25.9 Å². The van der Waals surface area contributed by atoms with Crippen LogP contribution in [0.15, 0.2) is 4.99 Å². The minimum atomic E-state index is 0.0671. The van der Waals surface area contributed by atoms with Gasteiger partial charge in [0.05, 0.1) is 6.04 Å². The largest absolute Gasteiger partial charge is 0.307 e. The average molecular weight is 128 g/mol. The lowest BCUT2D eigenvalue weighted by molar-refractivity contribution is 0.383. The van der Waals surface area contributed by atoms with Gasteiger partial charge in [0.2, 0.25) is 6.08 Å². The molecule has 0 aliphatic carbocycles. The number of hydrogen-bond donors (Lipinski definition) is 0. The van der Waals surface area contributed by atoms with Crippen molar-refractivity contribution < 1.29 is 4.79 Å². The molecule has 0 aromatic rings. The summed E-state index contributed by atoms with van der Waals surface area (Å²) in [6, 6.07) is 0.0671.